The molecule has 128 valence electrons. The summed E-state index contributed by atoms with van der Waals surface area (Å²) in [5.74, 6) is 2.32. The van der Waals surface area contributed by atoms with Crippen molar-refractivity contribution >= 4 is 23.1 Å². The molecule has 0 saturated carbocycles. The highest BCUT2D eigenvalue weighted by atomic mass is 32.1. The molecule has 1 aliphatic rings. The number of hydrogen-bond acceptors (Lipinski definition) is 6. The van der Waals surface area contributed by atoms with Gasteiger partial charge in [-0.2, -0.15) is 4.98 Å². The van der Waals surface area contributed by atoms with Crippen LogP contribution in [-0.4, -0.2) is 53.6 Å². The summed E-state index contributed by atoms with van der Waals surface area (Å²) in [6.45, 7) is 7.52. The zero-order valence-electron chi connectivity index (χ0n) is 14.1. The lowest BCUT2D eigenvalue weighted by Gasteiger charge is -2.35. The van der Waals surface area contributed by atoms with Crippen LogP contribution >= 0.6 is 11.3 Å². The number of carbonyl (C=O) groups is 1. The fraction of sp³-hybridized carbons (Fsp3) is 0.471. The molecule has 1 aliphatic heterocycles. The van der Waals surface area contributed by atoms with Crippen LogP contribution in [0.3, 0.4) is 0 Å². The fourth-order valence-electron chi connectivity index (χ4n) is 2.66. The van der Waals surface area contributed by atoms with Crippen molar-refractivity contribution in [2.24, 2.45) is 0 Å². The van der Waals surface area contributed by atoms with Gasteiger partial charge in [-0.05, 0) is 24.8 Å². The quantitative estimate of drug-likeness (QED) is 0.833. The maximum Gasteiger partial charge on any atom is 0.264 e. The topological polar surface area (TPSA) is 58.6 Å². The minimum absolute atomic E-state index is 0.121. The van der Waals surface area contributed by atoms with Gasteiger partial charge in [0, 0.05) is 32.2 Å². The molecule has 2 aromatic rings. The molecule has 6 nitrogen and oxygen atoms in total. The number of aromatic nitrogens is 2. The lowest BCUT2D eigenvalue weighted by molar-refractivity contribution is 0.0751. The maximum atomic E-state index is 12.4. The van der Waals surface area contributed by atoms with E-state index in [2.05, 4.69) is 21.8 Å². The van der Waals surface area contributed by atoms with Gasteiger partial charge in [0.15, 0.2) is 0 Å². The summed E-state index contributed by atoms with van der Waals surface area (Å²) in [6, 6.07) is 5.68. The van der Waals surface area contributed by atoms with Crippen molar-refractivity contribution in [3.05, 3.63) is 34.3 Å². The SMILES string of the molecule is CCCOc1cc(N2CCN(C(=O)c3cccs3)CC2)nc(C)n1. The Hall–Kier alpha value is -2.15. The van der Waals surface area contributed by atoms with Crippen molar-refractivity contribution in [2.45, 2.75) is 20.3 Å². The van der Waals surface area contributed by atoms with Crippen LogP contribution in [0.5, 0.6) is 5.88 Å². The van der Waals surface area contributed by atoms with Crippen LogP contribution in [0.15, 0.2) is 23.6 Å². The average molecular weight is 346 g/mol. The molecular formula is C17H22N4O2S. The Bertz CT molecular complexity index is 682. The Morgan fingerprint density at radius 2 is 2.08 bits per heavy atom. The lowest BCUT2D eigenvalue weighted by atomic mass is 10.3. The highest BCUT2D eigenvalue weighted by Gasteiger charge is 2.23. The summed E-state index contributed by atoms with van der Waals surface area (Å²) in [5.41, 5.74) is 0. The number of hydrogen-bond donors (Lipinski definition) is 0. The highest BCUT2D eigenvalue weighted by molar-refractivity contribution is 7.12. The second kappa shape index (κ2) is 7.61. The Kier molecular flexibility index (Phi) is 5.30. The molecule has 3 heterocycles. The van der Waals surface area contributed by atoms with E-state index in [1.54, 1.807) is 0 Å². The molecule has 0 aromatic carbocycles. The number of nitrogens with zero attached hydrogens (tertiary/aromatic N) is 4. The molecule has 1 saturated heterocycles. The van der Waals surface area contributed by atoms with E-state index >= 15 is 0 Å². The molecule has 0 unspecified atom stereocenters. The molecule has 0 atom stereocenters. The first-order chi connectivity index (χ1) is 11.7. The summed E-state index contributed by atoms with van der Waals surface area (Å²) in [7, 11) is 0. The predicted molar refractivity (Wildman–Crippen MR) is 95.0 cm³/mol. The third kappa shape index (κ3) is 3.84. The summed E-state index contributed by atoms with van der Waals surface area (Å²) >= 11 is 1.49. The van der Waals surface area contributed by atoms with E-state index in [0.717, 1.165) is 30.2 Å². The van der Waals surface area contributed by atoms with E-state index in [0.29, 0.717) is 31.4 Å². The number of thiophene rings is 1. The third-order valence-electron chi connectivity index (χ3n) is 3.88. The minimum atomic E-state index is 0.121. The van der Waals surface area contributed by atoms with Gasteiger partial charge in [0.25, 0.3) is 5.91 Å². The highest BCUT2D eigenvalue weighted by Crippen LogP contribution is 2.20. The zero-order valence-corrected chi connectivity index (χ0v) is 14.9. The summed E-state index contributed by atoms with van der Waals surface area (Å²) in [4.78, 5) is 26.1. The summed E-state index contributed by atoms with van der Waals surface area (Å²) in [6.07, 6.45) is 0.946. The molecule has 1 fully saturated rings. The number of carbonyl (C=O) groups excluding carboxylic acids is 1. The largest absolute Gasteiger partial charge is 0.478 e. The Morgan fingerprint density at radius 1 is 1.29 bits per heavy atom. The first kappa shape index (κ1) is 16.7. The fourth-order valence-corrected chi connectivity index (χ4v) is 3.35. The molecule has 0 N–H and O–H groups in total. The number of aryl methyl sites for hydroxylation is 1. The van der Waals surface area contributed by atoms with Crippen LogP contribution in [0.4, 0.5) is 5.82 Å². The predicted octanol–water partition coefficient (Wildman–Crippen LogP) is 2.60. The van der Waals surface area contributed by atoms with E-state index in [1.165, 1.54) is 11.3 Å². The Balaban J connectivity index is 1.64. The smallest absolute Gasteiger partial charge is 0.264 e. The van der Waals surface area contributed by atoms with Crippen LogP contribution < -0.4 is 9.64 Å². The Morgan fingerprint density at radius 3 is 2.75 bits per heavy atom. The molecule has 0 spiro atoms. The van der Waals surface area contributed by atoms with Gasteiger partial charge in [-0.1, -0.05) is 13.0 Å². The van der Waals surface area contributed by atoms with Crippen molar-refractivity contribution in [3.8, 4) is 5.88 Å². The normalized spacial score (nSPS) is 14.8. The van der Waals surface area contributed by atoms with Gasteiger partial charge in [-0.3, -0.25) is 4.79 Å². The average Bonchev–Trinajstić information content (AvgIpc) is 3.13. The van der Waals surface area contributed by atoms with E-state index in [9.17, 15) is 4.79 Å². The van der Waals surface area contributed by atoms with Crippen molar-refractivity contribution in [2.75, 3.05) is 37.7 Å². The van der Waals surface area contributed by atoms with Crippen LogP contribution in [0.1, 0.15) is 28.8 Å². The van der Waals surface area contributed by atoms with E-state index in [-0.39, 0.29) is 5.91 Å². The molecular weight excluding hydrogens is 324 g/mol. The summed E-state index contributed by atoms with van der Waals surface area (Å²) < 4.78 is 5.63. The Labute approximate surface area is 146 Å². The van der Waals surface area contributed by atoms with Crippen molar-refractivity contribution in [1.29, 1.82) is 0 Å². The van der Waals surface area contributed by atoms with Gasteiger partial charge in [-0.25, -0.2) is 4.98 Å². The van der Waals surface area contributed by atoms with Crippen LogP contribution in [0.2, 0.25) is 0 Å². The standard InChI is InChI=1S/C17H22N4O2S/c1-3-10-23-16-12-15(18-13(2)19-16)20-6-8-21(9-7-20)17(22)14-5-4-11-24-14/h4-5,11-12H,3,6-10H2,1-2H3. The van der Waals surface area contributed by atoms with Gasteiger partial charge < -0.3 is 14.5 Å². The maximum absolute atomic E-state index is 12.4. The van der Waals surface area contributed by atoms with Gasteiger partial charge in [-0.15, -0.1) is 11.3 Å². The summed E-state index contributed by atoms with van der Waals surface area (Å²) in [5, 5.41) is 1.94. The van der Waals surface area contributed by atoms with Crippen molar-refractivity contribution in [3.63, 3.8) is 0 Å². The van der Waals surface area contributed by atoms with Crippen molar-refractivity contribution < 1.29 is 9.53 Å². The molecule has 24 heavy (non-hydrogen) atoms. The van der Waals surface area contributed by atoms with Crippen LogP contribution in [0, 0.1) is 6.92 Å². The van der Waals surface area contributed by atoms with Gasteiger partial charge in [0.1, 0.15) is 11.6 Å². The molecule has 3 rings (SSSR count). The van der Waals surface area contributed by atoms with Crippen LogP contribution in [-0.2, 0) is 0 Å². The van der Waals surface area contributed by atoms with Gasteiger partial charge >= 0.3 is 0 Å². The molecule has 1 amide bonds. The molecule has 0 bridgehead atoms. The van der Waals surface area contributed by atoms with Gasteiger partial charge in [0.05, 0.1) is 11.5 Å². The number of piperazine rings is 1. The van der Waals surface area contributed by atoms with E-state index in [1.807, 2.05) is 35.4 Å². The lowest BCUT2D eigenvalue weighted by Crippen LogP contribution is -2.49. The first-order valence-electron chi connectivity index (χ1n) is 8.23. The van der Waals surface area contributed by atoms with Gasteiger partial charge in [0.2, 0.25) is 5.88 Å². The molecule has 2 aromatic heterocycles. The third-order valence-corrected chi connectivity index (χ3v) is 4.74. The number of amides is 1. The minimum Gasteiger partial charge on any atom is -0.478 e. The second-order valence-corrected chi connectivity index (χ2v) is 6.66. The number of ether oxygens (including phenoxy) is 1. The van der Waals surface area contributed by atoms with E-state index in [4.69, 9.17) is 4.74 Å². The molecule has 0 radical (unpaired) electrons. The second-order valence-electron chi connectivity index (χ2n) is 5.72. The van der Waals surface area contributed by atoms with E-state index < -0.39 is 0 Å². The zero-order chi connectivity index (χ0) is 16.9. The molecule has 7 heteroatoms. The first-order valence-corrected chi connectivity index (χ1v) is 9.11. The monoisotopic (exact) mass is 346 g/mol. The van der Waals surface area contributed by atoms with Crippen LogP contribution in [0.25, 0.3) is 0 Å². The number of rotatable bonds is 5. The van der Waals surface area contributed by atoms with Crippen molar-refractivity contribution in [1.82, 2.24) is 14.9 Å². The number of anilines is 1. The molecule has 0 aliphatic carbocycles.